The van der Waals surface area contributed by atoms with Gasteiger partial charge >= 0.3 is 5.97 Å². The fourth-order valence-corrected chi connectivity index (χ4v) is 4.44. The summed E-state index contributed by atoms with van der Waals surface area (Å²) in [4.78, 5) is 36.6. The third-order valence-corrected chi connectivity index (χ3v) is 6.07. The van der Waals surface area contributed by atoms with Crippen LogP contribution >= 0.6 is 0 Å². The topological polar surface area (TPSA) is 128 Å². The van der Waals surface area contributed by atoms with Crippen LogP contribution in [-0.2, 0) is 4.79 Å². The second kappa shape index (κ2) is 9.18. The molecule has 1 amide bonds. The van der Waals surface area contributed by atoms with E-state index in [0.717, 1.165) is 37.8 Å². The van der Waals surface area contributed by atoms with Crippen molar-refractivity contribution < 1.29 is 28.9 Å². The van der Waals surface area contributed by atoms with Crippen molar-refractivity contribution in [3.63, 3.8) is 0 Å². The van der Waals surface area contributed by atoms with Gasteiger partial charge in [-0.25, -0.2) is 14.2 Å². The van der Waals surface area contributed by atoms with Crippen LogP contribution in [0.2, 0.25) is 0 Å². The molecule has 0 spiro atoms. The zero-order valence-corrected chi connectivity index (χ0v) is 18.4. The molecular formula is C22H26FN5O5. The number of carbonyl (C=O) groups excluding carboxylic acids is 1. The third kappa shape index (κ3) is 4.28. The molecule has 1 aliphatic heterocycles. The monoisotopic (exact) mass is 459 g/mol. The molecule has 176 valence electrons. The first-order valence-electron chi connectivity index (χ1n) is 10.8. The molecule has 33 heavy (non-hydrogen) atoms. The van der Waals surface area contributed by atoms with E-state index in [9.17, 15) is 19.1 Å². The fourth-order valence-electron chi connectivity index (χ4n) is 4.44. The number of carboxylic acids is 1. The molecule has 1 saturated carbocycles. The average Bonchev–Trinajstić information content (AvgIpc) is 3.31. The summed E-state index contributed by atoms with van der Waals surface area (Å²) in [6, 6.07) is 1.85. The van der Waals surface area contributed by atoms with Gasteiger partial charge in [0.15, 0.2) is 5.82 Å². The van der Waals surface area contributed by atoms with E-state index >= 15 is 0 Å². The quantitative estimate of drug-likeness (QED) is 0.572. The lowest BCUT2D eigenvalue weighted by Gasteiger charge is -2.42. The van der Waals surface area contributed by atoms with Crippen LogP contribution in [0.3, 0.4) is 0 Å². The summed E-state index contributed by atoms with van der Waals surface area (Å²) in [7, 11) is 1.68. The maximum Gasteiger partial charge on any atom is 0.338 e. The summed E-state index contributed by atoms with van der Waals surface area (Å²) in [6.07, 6.45) is 5.64. The Bertz CT molecular complexity index is 1080. The molecule has 1 aliphatic carbocycles. The van der Waals surface area contributed by atoms with Gasteiger partial charge in [0.25, 0.3) is 0 Å². The third-order valence-electron chi connectivity index (χ3n) is 6.07. The van der Waals surface area contributed by atoms with Gasteiger partial charge in [-0.3, -0.25) is 4.79 Å². The number of nitrogens with zero attached hydrogens (tertiary/aromatic N) is 4. The van der Waals surface area contributed by atoms with Gasteiger partial charge in [0.1, 0.15) is 29.9 Å². The Morgan fingerprint density at radius 3 is 2.73 bits per heavy atom. The molecule has 3 N–H and O–H groups in total. The van der Waals surface area contributed by atoms with E-state index in [0.29, 0.717) is 11.5 Å². The van der Waals surface area contributed by atoms with Crippen LogP contribution in [0.1, 0.15) is 43.0 Å². The molecule has 10 nitrogen and oxygen atoms in total. The zero-order valence-electron chi connectivity index (χ0n) is 18.4. The number of aliphatic hydroxyl groups is 1. The van der Waals surface area contributed by atoms with Crippen molar-refractivity contribution in [2.24, 2.45) is 0 Å². The number of fused-ring (bicyclic) bond motifs is 1. The second-order valence-corrected chi connectivity index (χ2v) is 8.15. The fraction of sp³-hybridized carbons (Fsp3) is 0.455. The minimum Gasteiger partial charge on any atom is -0.489 e. The number of hydrogen-bond acceptors (Lipinski definition) is 8. The van der Waals surface area contributed by atoms with E-state index in [1.165, 1.54) is 11.1 Å². The van der Waals surface area contributed by atoms with Crippen molar-refractivity contribution in [2.45, 2.75) is 44.7 Å². The molecule has 2 aromatic rings. The van der Waals surface area contributed by atoms with E-state index in [1.807, 2.05) is 11.8 Å². The van der Waals surface area contributed by atoms with Gasteiger partial charge in [0.05, 0.1) is 24.1 Å². The van der Waals surface area contributed by atoms with E-state index in [1.54, 1.807) is 7.05 Å². The number of aromatic nitrogens is 2. The largest absolute Gasteiger partial charge is 0.489 e. The highest BCUT2D eigenvalue weighted by molar-refractivity contribution is 6.04. The number of aromatic carboxylic acids is 1. The summed E-state index contributed by atoms with van der Waals surface area (Å²) < 4.78 is 19.8. The molecular weight excluding hydrogens is 433 g/mol. The lowest BCUT2D eigenvalue weighted by Crippen LogP contribution is -2.54. The van der Waals surface area contributed by atoms with Gasteiger partial charge in [0, 0.05) is 19.2 Å². The first-order chi connectivity index (χ1) is 15.8. The number of hydrogen-bond donors (Lipinski definition) is 3. The molecule has 0 saturated heterocycles. The smallest absolute Gasteiger partial charge is 0.338 e. The maximum atomic E-state index is 14.4. The average molecular weight is 459 g/mol. The van der Waals surface area contributed by atoms with Crippen LogP contribution < -0.4 is 19.9 Å². The molecule has 4 rings (SSSR count). The number of benzene rings is 1. The number of aliphatic hydroxyl groups excluding tert-OH is 1. The van der Waals surface area contributed by atoms with Crippen LogP contribution in [-0.4, -0.2) is 64.4 Å². The van der Waals surface area contributed by atoms with Gasteiger partial charge in [-0.1, -0.05) is 12.8 Å². The highest BCUT2D eigenvalue weighted by atomic mass is 19.1. The second-order valence-electron chi connectivity index (χ2n) is 8.15. The summed E-state index contributed by atoms with van der Waals surface area (Å²) in [5, 5.41) is 21.2. The summed E-state index contributed by atoms with van der Waals surface area (Å²) in [5.41, 5.74) is 0.146. The molecule has 0 bridgehead atoms. The lowest BCUT2D eigenvalue weighted by atomic mass is 10.1. The van der Waals surface area contributed by atoms with Crippen molar-refractivity contribution in [3.8, 4) is 5.75 Å². The van der Waals surface area contributed by atoms with E-state index in [4.69, 9.17) is 9.84 Å². The zero-order chi connectivity index (χ0) is 23.7. The van der Waals surface area contributed by atoms with Gasteiger partial charge in [-0.2, -0.15) is 4.98 Å². The summed E-state index contributed by atoms with van der Waals surface area (Å²) in [5.74, 6) is -1.64. The van der Waals surface area contributed by atoms with Crippen molar-refractivity contribution in [1.82, 2.24) is 9.97 Å². The molecule has 1 atom stereocenters. The molecule has 2 heterocycles. The Balaban J connectivity index is 1.72. The Labute approximate surface area is 190 Å². The van der Waals surface area contributed by atoms with Crippen LogP contribution in [0.15, 0.2) is 18.3 Å². The Hall–Kier alpha value is -3.47. The maximum absolute atomic E-state index is 14.4. The number of nitrogens with one attached hydrogen (secondary N) is 1. The van der Waals surface area contributed by atoms with Gasteiger partial charge in [0.2, 0.25) is 11.9 Å². The number of ether oxygens (including phenoxy) is 1. The number of rotatable bonds is 7. The Morgan fingerprint density at radius 1 is 1.33 bits per heavy atom. The van der Waals surface area contributed by atoms with Crippen molar-refractivity contribution >= 4 is 35.0 Å². The van der Waals surface area contributed by atoms with Crippen LogP contribution in [0, 0.1) is 5.82 Å². The number of carboxylic acid groups (broad SMARTS) is 1. The van der Waals surface area contributed by atoms with Crippen LogP contribution in [0.4, 0.5) is 27.5 Å². The Kier molecular flexibility index (Phi) is 6.32. The first kappa shape index (κ1) is 22.7. The van der Waals surface area contributed by atoms with E-state index in [-0.39, 0.29) is 48.6 Å². The normalized spacial score (nSPS) is 18.4. The summed E-state index contributed by atoms with van der Waals surface area (Å²) >= 11 is 0. The molecule has 11 heteroatoms. The van der Waals surface area contributed by atoms with Crippen molar-refractivity contribution in [2.75, 3.05) is 35.4 Å². The molecule has 2 aliphatic rings. The van der Waals surface area contributed by atoms with Crippen molar-refractivity contribution in [3.05, 3.63) is 29.7 Å². The van der Waals surface area contributed by atoms with Crippen molar-refractivity contribution in [1.29, 1.82) is 0 Å². The van der Waals surface area contributed by atoms with E-state index < -0.39 is 17.3 Å². The Morgan fingerprint density at radius 2 is 2.06 bits per heavy atom. The highest BCUT2D eigenvalue weighted by Gasteiger charge is 2.39. The standard InChI is InChI=1S/C22H26FN5O5/c1-12-20(30)27(2)17-11-24-22(26-19(17)28(12)13-5-3-4-6-13)25-16-10-15(23)14(21(31)32)9-18(16)33-8-7-29/h9-13,29H,3-8H2,1-2H3,(H,31,32)(H,24,25,26)/t12-/m1/s1. The first-order valence-corrected chi connectivity index (χ1v) is 10.8. The number of amides is 1. The predicted molar refractivity (Wildman–Crippen MR) is 119 cm³/mol. The van der Waals surface area contributed by atoms with Gasteiger partial charge < -0.3 is 30.1 Å². The van der Waals surface area contributed by atoms with Crippen LogP contribution in [0.25, 0.3) is 0 Å². The molecule has 1 aromatic heterocycles. The molecule has 0 unspecified atom stereocenters. The number of carbonyl (C=O) groups is 2. The highest BCUT2D eigenvalue weighted by Crippen LogP contribution is 2.39. The minimum atomic E-state index is -1.44. The number of halogens is 1. The molecule has 1 aromatic carbocycles. The summed E-state index contributed by atoms with van der Waals surface area (Å²) in [6.45, 7) is 1.45. The number of anilines is 4. The molecule has 1 fully saturated rings. The lowest BCUT2D eigenvalue weighted by molar-refractivity contribution is -0.119. The minimum absolute atomic E-state index is 0.0373. The van der Waals surface area contributed by atoms with Gasteiger partial charge in [-0.05, 0) is 25.8 Å². The predicted octanol–water partition coefficient (Wildman–Crippen LogP) is 2.54. The van der Waals surface area contributed by atoms with Gasteiger partial charge in [-0.15, -0.1) is 0 Å². The molecule has 0 radical (unpaired) electrons. The number of likely N-dealkylation sites (N-methyl/N-ethyl adjacent to an activating group) is 1. The van der Waals surface area contributed by atoms with E-state index in [2.05, 4.69) is 15.3 Å². The SMILES string of the molecule is C[C@@H]1C(=O)N(C)c2cnc(Nc3cc(F)c(C(=O)O)cc3OCCO)nc2N1C1CCCC1. The van der Waals surface area contributed by atoms with Crippen LogP contribution in [0.5, 0.6) is 5.75 Å².